The van der Waals surface area contributed by atoms with E-state index in [0.717, 1.165) is 16.9 Å². The van der Waals surface area contributed by atoms with E-state index in [1.165, 1.54) is 0 Å². The van der Waals surface area contributed by atoms with Crippen molar-refractivity contribution in [3.63, 3.8) is 0 Å². The molecule has 0 saturated carbocycles. The third kappa shape index (κ3) is 6.47. The number of carbonyl (C=O) groups is 2. The number of aliphatic imine (C=N–C) groups is 1. The van der Waals surface area contributed by atoms with Gasteiger partial charge in [0.2, 0.25) is 0 Å². The van der Waals surface area contributed by atoms with Gasteiger partial charge in [-0.1, -0.05) is 61.2 Å². The highest BCUT2D eigenvalue weighted by Crippen LogP contribution is 2.33. The number of methoxy groups -OCH3 is 1. The smallest absolute Gasteiger partial charge is 0.338 e. The number of allylic oxidation sites excluding steroid dienone is 2. The van der Waals surface area contributed by atoms with Crippen LogP contribution in [0.4, 0.5) is 16.2 Å². The van der Waals surface area contributed by atoms with E-state index in [4.69, 9.17) is 15.2 Å². The van der Waals surface area contributed by atoms with Gasteiger partial charge in [-0.3, -0.25) is 4.99 Å². The molecule has 8 nitrogen and oxygen atoms in total. The van der Waals surface area contributed by atoms with Crippen LogP contribution in [0.3, 0.4) is 0 Å². The van der Waals surface area contributed by atoms with E-state index in [9.17, 15) is 9.59 Å². The number of benzene rings is 3. The van der Waals surface area contributed by atoms with Crippen molar-refractivity contribution in [2.24, 2.45) is 4.99 Å². The first kappa shape index (κ1) is 26.2. The van der Waals surface area contributed by atoms with Crippen molar-refractivity contribution in [3.05, 3.63) is 113 Å². The largest absolute Gasteiger partial charge is 0.497 e. The van der Waals surface area contributed by atoms with Crippen LogP contribution in [0.5, 0.6) is 5.75 Å². The molecule has 1 atom stereocenters. The van der Waals surface area contributed by atoms with Crippen molar-refractivity contribution in [3.8, 4) is 5.75 Å². The van der Waals surface area contributed by atoms with Gasteiger partial charge in [0.15, 0.2) is 0 Å². The summed E-state index contributed by atoms with van der Waals surface area (Å²) in [7, 11) is 1.61. The van der Waals surface area contributed by atoms with Crippen molar-refractivity contribution in [1.82, 2.24) is 10.6 Å². The number of amides is 2. The number of ether oxygens (including phenoxy) is 2. The molecule has 4 rings (SSSR count). The molecule has 194 valence electrons. The lowest BCUT2D eigenvalue weighted by atomic mass is 9.92. The number of hydrogen-bond acceptors (Lipinski definition) is 6. The molecule has 8 heteroatoms. The van der Waals surface area contributed by atoms with Gasteiger partial charge in [0, 0.05) is 11.9 Å². The highest BCUT2D eigenvalue weighted by molar-refractivity contribution is 5.95. The van der Waals surface area contributed by atoms with Gasteiger partial charge >= 0.3 is 12.0 Å². The van der Waals surface area contributed by atoms with Crippen LogP contribution < -0.4 is 21.1 Å². The SMILES string of the molecule is C=C/C=N\c1ccc(C2NC(=O)NC(CCc3cccc(OC)c3)=C2C(=O)OCc2ccccc2)cc1N. The molecule has 1 heterocycles. The summed E-state index contributed by atoms with van der Waals surface area (Å²) >= 11 is 0. The minimum atomic E-state index is -0.757. The van der Waals surface area contributed by atoms with E-state index in [2.05, 4.69) is 22.2 Å². The molecule has 1 unspecified atom stereocenters. The van der Waals surface area contributed by atoms with Crippen molar-refractivity contribution in [1.29, 1.82) is 0 Å². The number of nitrogens with one attached hydrogen (secondary N) is 2. The molecule has 0 aliphatic carbocycles. The molecule has 3 aromatic rings. The first-order valence-corrected chi connectivity index (χ1v) is 12.2. The molecular weight excluding hydrogens is 480 g/mol. The molecule has 1 aliphatic heterocycles. The fraction of sp³-hybridized carbons (Fsp3) is 0.167. The van der Waals surface area contributed by atoms with Crippen molar-refractivity contribution in [2.45, 2.75) is 25.5 Å². The second-order valence-corrected chi connectivity index (χ2v) is 8.67. The standard InChI is InChI=1S/C30H30N4O4/c1-3-16-32-25-15-13-22(18-24(25)31)28-27(29(35)38-19-21-8-5-4-6-9-21)26(33-30(36)34-28)14-12-20-10-7-11-23(17-20)37-2/h3-11,13,15-18,28H,1,12,14,19,31H2,2H3,(H2,33,34,36)/b32-16-. The van der Waals surface area contributed by atoms with Crippen LogP contribution in [0.25, 0.3) is 0 Å². The first-order valence-electron chi connectivity index (χ1n) is 12.2. The Hall–Kier alpha value is -4.85. The highest BCUT2D eigenvalue weighted by atomic mass is 16.5. The van der Waals surface area contributed by atoms with Crippen LogP contribution in [-0.2, 0) is 22.6 Å². The number of carbonyl (C=O) groups excluding carboxylic acids is 2. The molecule has 3 aromatic carbocycles. The molecule has 1 aliphatic rings. The molecule has 4 N–H and O–H groups in total. The molecular formula is C30H30N4O4. The maximum atomic E-state index is 13.5. The molecule has 0 radical (unpaired) electrons. The summed E-state index contributed by atoms with van der Waals surface area (Å²) in [5, 5.41) is 5.69. The van der Waals surface area contributed by atoms with Crippen molar-refractivity contribution < 1.29 is 19.1 Å². The van der Waals surface area contributed by atoms with Crippen LogP contribution in [0.2, 0.25) is 0 Å². The lowest BCUT2D eigenvalue weighted by molar-refractivity contribution is -0.140. The maximum Gasteiger partial charge on any atom is 0.338 e. The van der Waals surface area contributed by atoms with Crippen LogP contribution >= 0.6 is 0 Å². The summed E-state index contributed by atoms with van der Waals surface area (Å²) < 4.78 is 11.0. The molecule has 0 aromatic heterocycles. The average molecular weight is 511 g/mol. The Morgan fingerprint density at radius 3 is 2.58 bits per heavy atom. The van der Waals surface area contributed by atoms with Crippen molar-refractivity contribution in [2.75, 3.05) is 12.8 Å². The Kier molecular flexibility index (Phi) is 8.56. The zero-order valence-electron chi connectivity index (χ0n) is 21.1. The van der Waals surface area contributed by atoms with E-state index in [-0.39, 0.29) is 6.61 Å². The number of rotatable bonds is 10. The van der Waals surface area contributed by atoms with Gasteiger partial charge in [0.1, 0.15) is 12.4 Å². The second kappa shape index (κ2) is 12.4. The number of hydrogen-bond donors (Lipinski definition) is 3. The minimum absolute atomic E-state index is 0.102. The fourth-order valence-electron chi connectivity index (χ4n) is 4.21. The summed E-state index contributed by atoms with van der Waals surface area (Å²) in [4.78, 5) is 30.5. The molecule has 2 amide bonds. The number of aryl methyl sites for hydroxylation is 1. The quantitative estimate of drug-likeness (QED) is 0.198. The Morgan fingerprint density at radius 1 is 1.05 bits per heavy atom. The number of anilines is 1. The molecule has 0 bridgehead atoms. The van der Waals surface area contributed by atoms with Gasteiger partial charge in [0.05, 0.1) is 30.1 Å². The molecule has 0 saturated heterocycles. The van der Waals surface area contributed by atoms with Crippen LogP contribution in [0.15, 0.2) is 102 Å². The van der Waals surface area contributed by atoms with Gasteiger partial charge in [0.25, 0.3) is 0 Å². The Labute approximate surface area is 221 Å². The number of nitrogen functional groups attached to an aromatic ring is 1. The monoisotopic (exact) mass is 510 g/mol. The predicted octanol–water partition coefficient (Wildman–Crippen LogP) is 5.15. The third-order valence-corrected chi connectivity index (χ3v) is 6.09. The lowest BCUT2D eigenvalue weighted by Gasteiger charge is -2.30. The summed E-state index contributed by atoms with van der Waals surface area (Å²) in [6.07, 6.45) is 4.08. The highest BCUT2D eigenvalue weighted by Gasteiger charge is 2.34. The van der Waals surface area contributed by atoms with Gasteiger partial charge in [-0.15, -0.1) is 0 Å². The van der Waals surface area contributed by atoms with Crippen LogP contribution in [0, 0.1) is 0 Å². The van der Waals surface area contributed by atoms with Crippen LogP contribution in [-0.4, -0.2) is 25.3 Å². The Bertz CT molecular complexity index is 1380. The first-order chi connectivity index (χ1) is 18.5. The average Bonchev–Trinajstić information content (AvgIpc) is 2.94. The van der Waals surface area contributed by atoms with Gasteiger partial charge < -0.3 is 25.8 Å². The van der Waals surface area contributed by atoms with E-state index in [0.29, 0.717) is 41.1 Å². The fourth-order valence-corrected chi connectivity index (χ4v) is 4.21. The molecule has 0 fully saturated rings. The topological polar surface area (TPSA) is 115 Å². The summed E-state index contributed by atoms with van der Waals surface area (Å²) in [6, 6.07) is 21.1. The lowest BCUT2D eigenvalue weighted by Crippen LogP contribution is -2.46. The predicted molar refractivity (Wildman–Crippen MR) is 148 cm³/mol. The van der Waals surface area contributed by atoms with Crippen LogP contribution in [0.1, 0.15) is 29.2 Å². The summed E-state index contributed by atoms with van der Waals surface area (Å²) in [6.45, 7) is 3.72. The van der Waals surface area contributed by atoms with E-state index < -0.39 is 18.0 Å². The molecule has 38 heavy (non-hydrogen) atoms. The zero-order chi connectivity index (χ0) is 26.9. The zero-order valence-corrected chi connectivity index (χ0v) is 21.1. The summed E-state index contributed by atoms with van der Waals surface area (Å²) in [5.74, 6) is 0.209. The number of nitrogens with two attached hydrogens (primary N) is 1. The van der Waals surface area contributed by atoms with E-state index in [1.54, 1.807) is 37.6 Å². The molecule has 0 spiro atoms. The van der Waals surface area contributed by atoms with E-state index in [1.807, 2.05) is 54.6 Å². The second-order valence-electron chi connectivity index (χ2n) is 8.67. The van der Waals surface area contributed by atoms with E-state index >= 15 is 0 Å². The third-order valence-electron chi connectivity index (χ3n) is 6.09. The number of esters is 1. The van der Waals surface area contributed by atoms with Gasteiger partial charge in [-0.05, 0) is 53.8 Å². The number of nitrogens with zero attached hydrogens (tertiary/aromatic N) is 1. The Balaban J connectivity index is 1.68. The Morgan fingerprint density at radius 2 is 1.84 bits per heavy atom. The van der Waals surface area contributed by atoms with Gasteiger partial charge in [-0.2, -0.15) is 0 Å². The van der Waals surface area contributed by atoms with Crippen molar-refractivity contribution >= 4 is 29.6 Å². The minimum Gasteiger partial charge on any atom is -0.497 e. The van der Waals surface area contributed by atoms with Gasteiger partial charge in [-0.25, -0.2) is 9.59 Å². The number of urea groups is 1. The summed E-state index contributed by atoms with van der Waals surface area (Å²) in [5.41, 5.74) is 10.5. The normalized spacial score (nSPS) is 15.1. The maximum absolute atomic E-state index is 13.5.